The Morgan fingerprint density at radius 2 is 0.815 bits per heavy atom. The lowest BCUT2D eigenvalue weighted by molar-refractivity contribution is 0.655. The summed E-state index contributed by atoms with van der Waals surface area (Å²) >= 11 is 0. The molecule has 5 heteroatoms. The summed E-state index contributed by atoms with van der Waals surface area (Å²) in [7, 11) is 9.91. The molecule has 1 heterocycles. The van der Waals surface area contributed by atoms with Crippen molar-refractivity contribution in [1.29, 1.82) is 0 Å². The van der Waals surface area contributed by atoms with E-state index in [0.717, 1.165) is 0 Å². The largest absolute Gasteiger partial charge is 0.102 e. The highest BCUT2D eigenvalue weighted by molar-refractivity contribution is 9.36. The third-order valence-electron chi connectivity index (χ3n) is 6.20. The predicted molar refractivity (Wildman–Crippen MR) is 127 cm³/mol. The van der Waals surface area contributed by atoms with Crippen LogP contribution >= 0.6 is 51.1 Å². The smallest absolute Gasteiger partial charge is 0.0628 e. The lowest BCUT2D eigenvalue weighted by Gasteiger charge is -2.39. The van der Waals surface area contributed by atoms with Gasteiger partial charge in [-0.05, 0) is 73.3 Å². The van der Waals surface area contributed by atoms with Crippen LogP contribution in [0, 0.1) is 0 Å². The van der Waals surface area contributed by atoms with Crippen molar-refractivity contribution >= 4 is 72.6 Å². The zero-order valence-electron chi connectivity index (χ0n) is 14.0. The van der Waals surface area contributed by atoms with Crippen LogP contribution in [-0.2, 0) is 9.49 Å². The molecular weight excluding hydrogens is 425 g/mol. The molecule has 3 aliphatic rings. The van der Waals surface area contributed by atoms with Gasteiger partial charge in [0, 0.05) is 0 Å². The van der Waals surface area contributed by atoms with Crippen molar-refractivity contribution < 1.29 is 0 Å². The molecule has 2 aliphatic carbocycles. The molecule has 27 heavy (non-hydrogen) atoms. The van der Waals surface area contributed by atoms with Crippen molar-refractivity contribution in [3.63, 3.8) is 0 Å². The summed E-state index contributed by atoms with van der Waals surface area (Å²) in [6, 6.07) is 27.6. The summed E-state index contributed by atoms with van der Waals surface area (Å²) in [5.41, 5.74) is 5.97. The van der Waals surface area contributed by atoms with E-state index in [0.29, 0.717) is 0 Å². The molecule has 0 saturated carbocycles. The minimum Gasteiger partial charge on any atom is -0.0628 e. The van der Waals surface area contributed by atoms with Crippen molar-refractivity contribution in [3.8, 4) is 0 Å². The third-order valence-corrected chi connectivity index (χ3v) is 16.0. The molecule has 1 saturated heterocycles. The van der Waals surface area contributed by atoms with Crippen LogP contribution in [0.4, 0.5) is 0 Å². The van der Waals surface area contributed by atoms with Crippen LogP contribution in [0.15, 0.2) is 72.8 Å². The Hall–Kier alpha value is -0.850. The molecule has 0 bridgehead atoms. The van der Waals surface area contributed by atoms with Crippen LogP contribution in [-0.4, -0.2) is 0 Å². The monoisotopic (exact) mass is 436 g/mol. The van der Waals surface area contributed by atoms with Gasteiger partial charge in [-0.3, -0.25) is 0 Å². The van der Waals surface area contributed by atoms with Crippen molar-refractivity contribution in [2.45, 2.75) is 9.49 Å². The lowest BCUT2D eigenvalue weighted by atomic mass is 9.85. The second kappa shape index (κ2) is 5.39. The number of hydrogen-bond acceptors (Lipinski definition) is 5. The van der Waals surface area contributed by atoms with E-state index in [2.05, 4.69) is 94.4 Å². The van der Waals surface area contributed by atoms with E-state index in [9.17, 15) is 0 Å². The van der Waals surface area contributed by atoms with Crippen LogP contribution in [0.25, 0.3) is 21.5 Å². The van der Waals surface area contributed by atoms with E-state index in [4.69, 9.17) is 0 Å². The maximum Gasteiger partial charge on any atom is 0.102 e. The fraction of sp³-hybridized carbons (Fsp3) is 0.0909. The van der Waals surface area contributed by atoms with Gasteiger partial charge in [0.25, 0.3) is 0 Å². The Kier molecular flexibility index (Phi) is 3.20. The minimum atomic E-state index is -0.0781. The molecule has 1 aliphatic heterocycles. The van der Waals surface area contributed by atoms with Crippen molar-refractivity contribution in [3.05, 3.63) is 95.1 Å². The third kappa shape index (κ3) is 1.66. The highest BCUT2D eigenvalue weighted by atomic mass is 33.8. The molecule has 0 nitrogen and oxygen atoms in total. The van der Waals surface area contributed by atoms with Crippen LogP contribution < -0.4 is 0 Å². The van der Waals surface area contributed by atoms with Crippen LogP contribution in [0.5, 0.6) is 0 Å². The van der Waals surface area contributed by atoms with Crippen molar-refractivity contribution in [2.75, 3.05) is 0 Å². The number of rotatable bonds is 0. The first kappa shape index (κ1) is 16.0. The van der Waals surface area contributed by atoms with Crippen molar-refractivity contribution in [1.82, 2.24) is 0 Å². The quantitative estimate of drug-likeness (QED) is 0.254. The van der Waals surface area contributed by atoms with Gasteiger partial charge in [-0.1, -0.05) is 94.4 Å². The van der Waals surface area contributed by atoms with Gasteiger partial charge in [-0.2, -0.15) is 0 Å². The summed E-state index contributed by atoms with van der Waals surface area (Å²) in [5.74, 6) is 0. The van der Waals surface area contributed by atoms with Crippen LogP contribution in [0.1, 0.15) is 22.3 Å². The summed E-state index contributed by atoms with van der Waals surface area (Å²) in [6.07, 6.45) is 0. The SMILES string of the molecule is c1cc2c3c(cccc3c1)C13SSSSSC21c1cccc2cccc3c12. The maximum absolute atomic E-state index is 2.38. The Morgan fingerprint density at radius 1 is 0.444 bits per heavy atom. The molecule has 130 valence electrons. The second-order valence-corrected chi connectivity index (χ2v) is 15.0. The second-order valence-electron chi connectivity index (χ2n) is 7.15. The highest BCUT2D eigenvalue weighted by Gasteiger charge is 2.67. The van der Waals surface area contributed by atoms with E-state index >= 15 is 0 Å². The Bertz CT molecular complexity index is 1100. The van der Waals surface area contributed by atoms with Crippen LogP contribution in [0.2, 0.25) is 0 Å². The summed E-state index contributed by atoms with van der Waals surface area (Å²) < 4.78 is -0.156. The predicted octanol–water partition coefficient (Wildman–Crippen LogP) is 8.15. The highest BCUT2D eigenvalue weighted by Crippen LogP contribution is 2.81. The van der Waals surface area contributed by atoms with Crippen LogP contribution in [0.3, 0.4) is 0 Å². The zero-order chi connectivity index (χ0) is 17.6. The maximum atomic E-state index is 2.38. The molecule has 0 atom stereocenters. The molecule has 1 fully saturated rings. The van der Waals surface area contributed by atoms with Gasteiger partial charge < -0.3 is 0 Å². The summed E-state index contributed by atoms with van der Waals surface area (Å²) in [4.78, 5) is 0. The molecule has 0 spiro atoms. The van der Waals surface area contributed by atoms with E-state index in [-0.39, 0.29) is 9.49 Å². The molecule has 7 rings (SSSR count). The minimum absolute atomic E-state index is 0.0781. The first-order valence-corrected chi connectivity index (χ1v) is 15.0. The Balaban J connectivity index is 1.78. The summed E-state index contributed by atoms with van der Waals surface area (Å²) in [6.45, 7) is 0. The van der Waals surface area contributed by atoms with E-state index in [1.165, 1.54) is 43.8 Å². The molecular formula is C22H12S5. The number of benzene rings is 4. The van der Waals surface area contributed by atoms with Gasteiger partial charge >= 0.3 is 0 Å². The van der Waals surface area contributed by atoms with Crippen molar-refractivity contribution in [2.24, 2.45) is 0 Å². The standard InChI is InChI=1S/C22H12S5/c1-5-13-6-2-10-16-19(13)15(9-1)21-17-11-3-7-14-8-4-12-18(20(14)17)22(16,21)24-26-27-25-23-21/h1-12H. The molecule has 0 N–H and O–H groups in total. The molecule has 4 aromatic carbocycles. The molecule has 0 radical (unpaired) electrons. The molecule has 4 aromatic rings. The van der Waals surface area contributed by atoms with Gasteiger partial charge in [0.1, 0.15) is 9.49 Å². The van der Waals surface area contributed by atoms with Gasteiger partial charge in [0.15, 0.2) is 0 Å². The summed E-state index contributed by atoms with van der Waals surface area (Å²) in [5, 5.41) is 5.68. The fourth-order valence-corrected chi connectivity index (χ4v) is 17.1. The normalized spacial score (nSPS) is 27.6. The Morgan fingerprint density at radius 3 is 1.19 bits per heavy atom. The average Bonchev–Trinajstić information content (AvgIpc) is 2.99. The number of hydrogen-bond donors (Lipinski definition) is 0. The van der Waals surface area contributed by atoms with E-state index in [1.54, 1.807) is 0 Å². The topological polar surface area (TPSA) is 0 Å². The van der Waals surface area contributed by atoms with E-state index in [1.807, 2.05) is 29.5 Å². The Labute approximate surface area is 176 Å². The fourth-order valence-electron chi connectivity index (χ4n) is 5.34. The van der Waals surface area contributed by atoms with Gasteiger partial charge in [-0.15, -0.1) is 0 Å². The average molecular weight is 437 g/mol. The zero-order valence-corrected chi connectivity index (χ0v) is 18.1. The first-order chi connectivity index (χ1) is 13.4. The molecule has 0 unspecified atom stereocenters. The van der Waals surface area contributed by atoms with Gasteiger partial charge in [0.05, 0.1) is 0 Å². The van der Waals surface area contributed by atoms with Gasteiger partial charge in [0.2, 0.25) is 0 Å². The first-order valence-electron chi connectivity index (χ1n) is 8.80. The molecule has 0 aromatic heterocycles. The van der Waals surface area contributed by atoms with Gasteiger partial charge in [-0.25, -0.2) is 0 Å². The van der Waals surface area contributed by atoms with E-state index < -0.39 is 0 Å². The lowest BCUT2D eigenvalue weighted by Crippen LogP contribution is -2.37. The molecule has 0 amide bonds.